The van der Waals surface area contributed by atoms with Gasteiger partial charge in [0.15, 0.2) is 11.3 Å². The minimum atomic E-state index is -0.356. The molecule has 0 unspecified atom stereocenters. The van der Waals surface area contributed by atoms with Crippen molar-refractivity contribution < 1.29 is 4.39 Å². The zero-order valence-corrected chi connectivity index (χ0v) is 17.6. The van der Waals surface area contributed by atoms with Crippen LogP contribution in [0.15, 0.2) is 29.1 Å². The van der Waals surface area contributed by atoms with Gasteiger partial charge < -0.3 is 4.98 Å². The molecule has 1 aromatic carbocycles. The van der Waals surface area contributed by atoms with Gasteiger partial charge in [-0.15, -0.1) is 5.10 Å². The molecule has 0 amide bonds. The van der Waals surface area contributed by atoms with Gasteiger partial charge in [0.2, 0.25) is 0 Å². The topological polar surface area (TPSA) is 63.1 Å². The van der Waals surface area contributed by atoms with Crippen LogP contribution >= 0.6 is 0 Å². The summed E-state index contributed by atoms with van der Waals surface area (Å²) in [5.74, 6) is 1.87. The van der Waals surface area contributed by atoms with E-state index in [9.17, 15) is 9.18 Å². The summed E-state index contributed by atoms with van der Waals surface area (Å²) < 4.78 is 15.4. The molecule has 1 saturated carbocycles. The van der Waals surface area contributed by atoms with E-state index in [2.05, 4.69) is 25.8 Å². The van der Waals surface area contributed by atoms with Crippen LogP contribution in [0.5, 0.6) is 0 Å². The first-order valence-corrected chi connectivity index (χ1v) is 10.6. The van der Waals surface area contributed by atoms with Gasteiger partial charge in [0.25, 0.3) is 5.56 Å². The molecule has 1 fully saturated rings. The van der Waals surface area contributed by atoms with E-state index in [0.29, 0.717) is 34.7 Å². The summed E-state index contributed by atoms with van der Waals surface area (Å²) in [6.07, 6.45) is 5.09. The molecule has 1 aliphatic rings. The molecule has 0 saturated heterocycles. The second kappa shape index (κ2) is 7.39. The van der Waals surface area contributed by atoms with E-state index in [0.717, 1.165) is 37.2 Å². The number of rotatable bonds is 3. The Hall–Kier alpha value is -2.50. The first kappa shape index (κ1) is 19.8. The molecule has 0 spiro atoms. The van der Waals surface area contributed by atoms with Crippen molar-refractivity contribution in [3.63, 3.8) is 0 Å². The molecule has 4 rings (SSSR count). The van der Waals surface area contributed by atoms with E-state index in [1.807, 2.05) is 6.92 Å². The summed E-state index contributed by atoms with van der Waals surface area (Å²) in [5.41, 5.74) is 1.93. The maximum Gasteiger partial charge on any atom is 0.277 e. The Morgan fingerprint density at radius 3 is 2.55 bits per heavy atom. The Labute approximate surface area is 170 Å². The molecule has 3 aromatic rings. The third-order valence-corrected chi connectivity index (χ3v) is 6.35. The Morgan fingerprint density at radius 2 is 1.93 bits per heavy atom. The maximum absolute atomic E-state index is 13.7. The highest BCUT2D eigenvalue weighted by atomic mass is 19.1. The van der Waals surface area contributed by atoms with Crippen LogP contribution in [0, 0.1) is 17.2 Å². The minimum Gasteiger partial charge on any atom is -0.303 e. The smallest absolute Gasteiger partial charge is 0.277 e. The molecule has 5 nitrogen and oxygen atoms in total. The lowest BCUT2D eigenvalue weighted by atomic mass is 9.70. The van der Waals surface area contributed by atoms with Crippen LogP contribution in [-0.4, -0.2) is 19.6 Å². The fourth-order valence-electron chi connectivity index (χ4n) is 4.59. The average Bonchev–Trinajstić information content (AvgIpc) is 3.07. The van der Waals surface area contributed by atoms with E-state index >= 15 is 0 Å². The number of halogens is 1. The van der Waals surface area contributed by atoms with Crippen molar-refractivity contribution in [1.29, 1.82) is 0 Å². The number of aryl methyl sites for hydroxylation is 1. The largest absolute Gasteiger partial charge is 0.303 e. The molecular formula is C23H29FN4O. The van der Waals surface area contributed by atoms with Gasteiger partial charge in [-0.05, 0) is 55.6 Å². The van der Waals surface area contributed by atoms with E-state index < -0.39 is 0 Å². The first-order chi connectivity index (χ1) is 13.8. The highest BCUT2D eigenvalue weighted by Gasteiger charge is 2.32. The van der Waals surface area contributed by atoms with Crippen molar-refractivity contribution in [3.05, 3.63) is 52.0 Å². The predicted molar refractivity (Wildman–Crippen MR) is 113 cm³/mol. The number of benzene rings is 1. The monoisotopic (exact) mass is 396 g/mol. The van der Waals surface area contributed by atoms with Gasteiger partial charge in [-0.2, -0.15) is 0 Å². The Balaban J connectivity index is 1.78. The average molecular weight is 397 g/mol. The Kier molecular flexibility index (Phi) is 5.05. The van der Waals surface area contributed by atoms with Crippen molar-refractivity contribution >= 4 is 5.52 Å². The van der Waals surface area contributed by atoms with Gasteiger partial charge in [0, 0.05) is 11.5 Å². The summed E-state index contributed by atoms with van der Waals surface area (Å²) in [4.78, 5) is 20.5. The summed E-state index contributed by atoms with van der Waals surface area (Å²) in [6.45, 7) is 8.93. The van der Waals surface area contributed by atoms with Gasteiger partial charge in [0.05, 0.1) is 5.69 Å². The lowest BCUT2D eigenvalue weighted by molar-refractivity contribution is 0.167. The number of nitrogens with one attached hydrogen (secondary N) is 1. The summed E-state index contributed by atoms with van der Waals surface area (Å²) in [6, 6.07) is 6.13. The molecular weight excluding hydrogens is 367 g/mol. The highest BCUT2D eigenvalue weighted by molar-refractivity contribution is 5.58. The van der Waals surface area contributed by atoms with Crippen LogP contribution in [0.25, 0.3) is 16.9 Å². The third-order valence-electron chi connectivity index (χ3n) is 6.35. The lowest BCUT2D eigenvalue weighted by Crippen LogP contribution is -2.26. The molecule has 1 aliphatic carbocycles. The normalized spacial score (nSPS) is 20.3. The number of hydrogen-bond donors (Lipinski definition) is 1. The Morgan fingerprint density at radius 1 is 1.21 bits per heavy atom. The van der Waals surface area contributed by atoms with Crippen LogP contribution < -0.4 is 5.56 Å². The van der Waals surface area contributed by atoms with Gasteiger partial charge in [-0.3, -0.25) is 4.79 Å². The number of hydrogen-bond acceptors (Lipinski definition) is 3. The molecule has 6 heteroatoms. The molecule has 0 atom stereocenters. The molecule has 0 aliphatic heterocycles. The van der Waals surface area contributed by atoms with Gasteiger partial charge in [-0.1, -0.05) is 39.8 Å². The number of fused-ring (bicyclic) bond motifs is 1. The standard InChI is InChI=1S/C23H29FN4O/c1-5-18-19-22(29)26-20(15-7-6-8-17(24)13-15)27-28(19)21(25-18)14-9-11-16(12-10-14)23(2,3)4/h6-8,13-14,16H,5,9-12H2,1-4H3,(H,26,27,29)/t14-,16+. The molecule has 0 radical (unpaired) electrons. The predicted octanol–water partition coefficient (Wildman–Crippen LogP) is 5.11. The SMILES string of the molecule is CCc1nc([C@H]2CC[C@@H](C(C)(C)C)CC2)n2nc(-c3cccc(F)c3)[nH]c(=O)c12. The van der Waals surface area contributed by atoms with Gasteiger partial charge in [-0.25, -0.2) is 13.9 Å². The van der Waals surface area contributed by atoms with E-state index in [-0.39, 0.29) is 17.3 Å². The molecule has 0 bridgehead atoms. The highest BCUT2D eigenvalue weighted by Crippen LogP contribution is 2.43. The fraction of sp³-hybridized carbons (Fsp3) is 0.522. The second-order valence-corrected chi connectivity index (χ2v) is 9.26. The van der Waals surface area contributed by atoms with Gasteiger partial charge in [0.1, 0.15) is 11.6 Å². The number of nitrogens with zero attached hydrogens (tertiary/aromatic N) is 3. The van der Waals surface area contributed by atoms with Crippen LogP contribution in [0.2, 0.25) is 0 Å². The summed E-state index contributed by atoms with van der Waals surface area (Å²) in [5, 5.41) is 4.69. The van der Waals surface area contributed by atoms with Crippen molar-refractivity contribution in [2.45, 2.75) is 65.7 Å². The van der Waals surface area contributed by atoms with Crippen LogP contribution in [0.4, 0.5) is 4.39 Å². The molecule has 2 aromatic heterocycles. The van der Waals surface area contributed by atoms with E-state index in [1.54, 1.807) is 16.6 Å². The van der Waals surface area contributed by atoms with Crippen LogP contribution in [0.3, 0.4) is 0 Å². The first-order valence-electron chi connectivity index (χ1n) is 10.6. The molecule has 1 N–H and O–H groups in total. The molecule has 154 valence electrons. The van der Waals surface area contributed by atoms with Gasteiger partial charge >= 0.3 is 0 Å². The van der Waals surface area contributed by atoms with Crippen molar-refractivity contribution in [2.75, 3.05) is 0 Å². The quantitative estimate of drug-likeness (QED) is 0.669. The zero-order valence-electron chi connectivity index (χ0n) is 17.6. The number of aromatic nitrogens is 4. The third kappa shape index (κ3) is 3.72. The Bertz CT molecular complexity index is 1080. The van der Waals surface area contributed by atoms with E-state index in [1.165, 1.54) is 12.1 Å². The lowest BCUT2D eigenvalue weighted by Gasteiger charge is -2.36. The second-order valence-electron chi connectivity index (χ2n) is 9.26. The number of aromatic amines is 1. The van der Waals surface area contributed by atoms with Crippen molar-refractivity contribution in [3.8, 4) is 11.4 Å². The number of H-pyrrole nitrogens is 1. The van der Waals surface area contributed by atoms with Crippen molar-refractivity contribution in [1.82, 2.24) is 19.6 Å². The summed E-state index contributed by atoms with van der Waals surface area (Å²) in [7, 11) is 0. The van der Waals surface area contributed by atoms with Crippen LogP contribution in [0.1, 0.15) is 70.8 Å². The number of imidazole rings is 1. The van der Waals surface area contributed by atoms with Crippen molar-refractivity contribution in [2.24, 2.45) is 11.3 Å². The molecule has 2 heterocycles. The zero-order chi connectivity index (χ0) is 20.8. The fourth-order valence-corrected chi connectivity index (χ4v) is 4.59. The summed E-state index contributed by atoms with van der Waals surface area (Å²) >= 11 is 0. The van der Waals surface area contributed by atoms with Crippen LogP contribution in [-0.2, 0) is 6.42 Å². The van der Waals surface area contributed by atoms with E-state index in [4.69, 9.17) is 10.1 Å². The minimum absolute atomic E-state index is 0.224. The molecule has 29 heavy (non-hydrogen) atoms. The maximum atomic E-state index is 13.7.